The molecule has 0 aliphatic carbocycles. The number of nitrogens with one attached hydrogen (secondary N) is 4. The van der Waals surface area contributed by atoms with Crippen molar-refractivity contribution in [2.75, 3.05) is 17.7 Å². The zero-order chi connectivity index (χ0) is 15.9. The molecule has 112 valence electrons. The molecule has 0 fully saturated rings. The molecule has 2 aromatic rings. The van der Waals surface area contributed by atoms with Crippen molar-refractivity contribution < 1.29 is 0 Å². The molecule has 0 spiro atoms. The largest absolute Gasteiger partial charge is 0.373 e. The van der Waals surface area contributed by atoms with Crippen molar-refractivity contribution in [3.05, 3.63) is 59.8 Å². The molecule has 0 saturated carbocycles. The molecule has 1 aromatic carbocycles. The fraction of sp³-hybridized carbons (Fsp3) is 0.0625. The average molecular weight is 311 g/mol. The Morgan fingerprint density at radius 3 is 2.73 bits per heavy atom. The van der Waals surface area contributed by atoms with Crippen LogP contribution in [0.2, 0.25) is 0 Å². The molecule has 0 bridgehead atoms. The molecule has 5 nitrogen and oxygen atoms in total. The smallest absolute Gasteiger partial charge is 0.126 e. The second-order valence-electron chi connectivity index (χ2n) is 4.50. The lowest BCUT2D eigenvalue weighted by atomic mass is 10.2. The second kappa shape index (κ2) is 7.42. The molecule has 0 amide bonds. The summed E-state index contributed by atoms with van der Waals surface area (Å²) in [5.74, 6) is 0.944. The van der Waals surface area contributed by atoms with Crippen LogP contribution in [0.25, 0.3) is 4.91 Å². The molecule has 0 saturated heterocycles. The van der Waals surface area contributed by atoms with E-state index in [0.717, 1.165) is 17.1 Å². The number of rotatable bonds is 5. The minimum Gasteiger partial charge on any atom is -0.373 e. The molecule has 0 aliphatic rings. The van der Waals surface area contributed by atoms with Gasteiger partial charge in [-0.3, -0.25) is 5.41 Å². The van der Waals surface area contributed by atoms with E-state index in [4.69, 9.17) is 10.8 Å². The minimum atomic E-state index is 0.198. The van der Waals surface area contributed by atoms with Crippen LogP contribution in [0.4, 0.5) is 11.5 Å². The van der Waals surface area contributed by atoms with E-state index >= 15 is 0 Å². The maximum atomic E-state index is 8.00. The van der Waals surface area contributed by atoms with Crippen LogP contribution in [0.3, 0.4) is 0 Å². The highest BCUT2D eigenvalue weighted by Gasteiger charge is 2.02. The Morgan fingerprint density at radius 1 is 1.23 bits per heavy atom. The van der Waals surface area contributed by atoms with Gasteiger partial charge in [0.1, 0.15) is 11.7 Å². The first-order valence-electron chi connectivity index (χ1n) is 6.64. The summed E-state index contributed by atoms with van der Waals surface area (Å²) < 4.78 is 0. The van der Waals surface area contributed by atoms with Gasteiger partial charge in [0.05, 0.1) is 5.69 Å². The summed E-state index contributed by atoms with van der Waals surface area (Å²) >= 11 is 4.40. The van der Waals surface area contributed by atoms with E-state index in [0.29, 0.717) is 10.6 Å². The first-order chi connectivity index (χ1) is 10.6. The maximum Gasteiger partial charge on any atom is 0.126 e. The van der Waals surface area contributed by atoms with Crippen LogP contribution < -0.4 is 10.6 Å². The number of aromatic nitrogens is 1. The molecule has 0 unspecified atom stereocenters. The molecule has 22 heavy (non-hydrogen) atoms. The topological polar surface area (TPSA) is 84.7 Å². The molecule has 1 aromatic heterocycles. The predicted molar refractivity (Wildman–Crippen MR) is 96.4 cm³/mol. The summed E-state index contributed by atoms with van der Waals surface area (Å²) in [5.41, 5.74) is 2.21. The van der Waals surface area contributed by atoms with E-state index in [1.807, 2.05) is 36.4 Å². The van der Waals surface area contributed by atoms with Gasteiger partial charge in [-0.25, -0.2) is 4.98 Å². The van der Waals surface area contributed by atoms with Crippen molar-refractivity contribution in [1.29, 1.82) is 10.8 Å². The van der Waals surface area contributed by atoms with Gasteiger partial charge in [0.2, 0.25) is 0 Å². The highest BCUT2D eigenvalue weighted by atomic mass is 32.1. The molecular weight excluding hydrogens is 294 g/mol. The zero-order valence-corrected chi connectivity index (χ0v) is 13.0. The van der Waals surface area contributed by atoms with Gasteiger partial charge in [0, 0.05) is 23.9 Å². The molecule has 2 rings (SSSR count). The highest BCUT2D eigenvalue weighted by Crippen LogP contribution is 2.18. The maximum absolute atomic E-state index is 8.00. The number of nitrogens with zero attached hydrogens (tertiary/aromatic N) is 1. The highest BCUT2D eigenvalue weighted by molar-refractivity contribution is 7.90. The number of benzene rings is 1. The third-order valence-electron chi connectivity index (χ3n) is 2.88. The molecule has 6 heteroatoms. The molecule has 0 radical (unpaired) electrons. The van der Waals surface area contributed by atoms with Gasteiger partial charge < -0.3 is 16.0 Å². The van der Waals surface area contributed by atoms with Crippen molar-refractivity contribution in [2.24, 2.45) is 0 Å². The molecule has 1 heterocycles. The van der Waals surface area contributed by atoms with Gasteiger partial charge in [-0.05, 0) is 35.9 Å². The van der Waals surface area contributed by atoms with E-state index in [-0.39, 0.29) is 5.84 Å². The third-order valence-corrected chi connectivity index (χ3v) is 3.24. The van der Waals surface area contributed by atoms with Gasteiger partial charge in [-0.2, -0.15) is 0 Å². The van der Waals surface area contributed by atoms with E-state index in [9.17, 15) is 0 Å². The van der Waals surface area contributed by atoms with Gasteiger partial charge in [-0.1, -0.05) is 18.2 Å². The van der Waals surface area contributed by atoms with E-state index in [1.165, 1.54) is 6.21 Å². The number of hydrogen-bond acceptors (Lipinski definition) is 5. The monoisotopic (exact) mass is 311 g/mol. The standard InChI is InChI=1S/C16H17N5S/c1-19-16-7-3-6-13(21-16)14(22)9-15(18)20-12-5-2-4-11(8-12)10-17/h2-10,17,22H,1H3,(H2,18,20)(H,19,21)/b14-9-,17-10?. The summed E-state index contributed by atoms with van der Waals surface area (Å²) in [6.07, 6.45) is 2.86. The van der Waals surface area contributed by atoms with Crippen molar-refractivity contribution in [3.63, 3.8) is 0 Å². The number of hydrogen-bond donors (Lipinski definition) is 5. The molecule has 4 N–H and O–H groups in total. The average Bonchev–Trinajstić information content (AvgIpc) is 2.54. The fourth-order valence-corrected chi connectivity index (χ4v) is 2.08. The van der Waals surface area contributed by atoms with Gasteiger partial charge in [0.15, 0.2) is 0 Å². The first-order valence-corrected chi connectivity index (χ1v) is 7.09. The third kappa shape index (κ3) is 4.20. The van der Waals surface area contributed by atoms with Crippen LogP contribution in [0.15, 0.2) is 48.5 Å². The number of pyridine rings is 1. The van der Waals surface area contributed by atoms with Crippen LogP contribution in [-0.2, 0) is 0 Å². The number of anilines is 2. The predicted octanol–water partition coefficient (Wildman–Crippen LogP) is 3.48. The van der Waals surface area contributed by atoms with E-state index in [1.54, 1.807) is 19.2 Å². The van der Waals surface area contributed by atoms with Crippen molar-refractivity contribution in [3.8, 4) is 0 Å². The summed E-state index contributed by atoms with van der Waals surface area (Å²) in [4.78, 5) is 4.96. The first kappa shape index (κ1) is 15.8. The summed E-state index contributed by atoms with van der Waals surface area (Å²) in [6, 6.07) is 12.9. The van der Waals surface area contributed by atoms with Crippen LogP contribution in [0.1, 0.15) is 11.3 Å². The Hall–Kier alpha value is -2.60. The van der Waals surface area contributed by atoms with Crippen LogP contribution in [0.5, 0.6) is 0 Å². The Labute approximate surface area is 134 Å². The zero-order valence-electron chi connectivity index (χ0n) is 12.1. The van der Waals surface area contributed by atoms with E-state index in [2.05, 4.69) is 28.2 Å². The molecule has 0 atom stereocenters. The molecule has 0 aliphatic heterocycles. The Kier molecular flexibility index (Phi) is 5.32. The minimum absolute atomic E-state index is 0.198. The lowest BCUT2D eigenvalue weighted by Gasteiger charge is -2.07. The Balaban J connectivity index is 2.13. The molecular formula is C16H17N5S. The SMILES string of the molecule is CNc1cccc(/C(S)=C/C(=N)Nc2cccc(C=N)c2)n1. The summed E-state index contributed by atoms with van der Waals surface area (Å²) in [7, 11) is 1.80. The van der Waals surface area contributed by atoms with Crippen molar-refractivity contribution in [1.82, 2.24) is 4.98 Å². The lowest BCUT2D eigenvalue weighted by Crippen LogP contribution is -2.08. The van der Waals surface area contributed by atoms with E-state index < -0.39 is 0 Å². The number of amidine groups is 1. The van der Waals surface area contributed by atoms with Crippen molar-refractivity contribution in [2.45, 2.75) is 0 Å². The summed E-state index contributed by atoms with van der Waals surface area (Å²) in [5, 5.41) is 21.2. The number of thiol groups is 1. The lowest BCUT2D eigenvalue weighted by molar-refractivity contribution is 1.26. The van der Waals surface area contributed by atoms with Crippen LogP contribution in [0, 0.1) is 10.8 Å². The Bertz CT molecular complexity index is 724. The van der Waals surface area contributed by atoms with Crippen molar-refractivity contribution >= 4 is 41.1 Å². The Morgan fingerprint density at radius 2 is 2.00 bits per heavy atom. The fourth-order valence-electron chi connectivity index (χ4n) is 1.83. The second-order valence-corrected chi connectivity index (χ2v) is 4.98. The van der Waals surface area contributed by atoms with Crippen LogP contribution in [-0.4, -0.2) is 24.1 Å². The normalized spacial score (nSPS) is 10.9. The van der Waals surface area contributed by atoms with Crippen LogP contribution >= 0.6 is 12.6 Å². The van der Waals surface area contributed by atoms with Gasteiger partial charge in [-0.15, -0.1) is 12.6 Å². The summed E-state index contributed by atoms with van der Waals surface area (Å²) in [6.45, 7) is 0. The van der Waals surface area contributed by atoms with Gasteiger partial charge in [0.25, 0.3) is 0 Å². The quantitative estimate of drug-likeness (QED) is 0.333. The van der Waals surface area contributed by atoms with Gasteiger partial charge >= 0.3 is 0 Å².